The van der Waals surface area contributed by atoms with Crippen LogP contribution in [-0.2, 0) is 5.41 Å². The number of allylic oxidation sites excluding steroid dienone is 1. The largest absolute Gasteiger partial charge is 0.269 e. The number of nitrogens with zero attached hydrogens (tertiary/aromatic N) is 2. The van der Waals surface area contributed by atoms with Crippen LogP contribution in [0.4, 0.5) is 0 Å². The number of aliphatic imine (C=N–C) groups is 1. The van der Waals surface area contributed by atoms with E-state index in [1.54, 1.807) is 0 Å². The molecule has 0 fully saturated rings. The maximum absolute atomic E-state index is 4.27. The zero-order valence-electron chi connectivity index (χ0n) is 13.2. The molecule has 1 aliphatic heterocycles. The Hall–Kier alpha value is -0.960. The average Bonchev–Trinajstić information content (AvgIpc) is 2.53. The Balaban J connectivity index is 0.00000220. The minimum absolute atomic E-state index is 0. The molecule has 2 atom stereocenters. The zero-order chi connectivity index (χ0) is 14.3. The van der Waals surface area contributed by atoms with Gasteiger partial charge in [-0.2, -0.15) is 0 Å². The summed E-state index contributed by atoms with van der Waals surface area (Å²) in [6.45, 7) is 4.60. The molecule has 2 unspecified atom stereocenters. The third-order valence-electron chi connectivity index (χ3n) is 4.49. The number of halogens is 1. The maximum Gasteiger partial charge on any atom is 0.0270 e. The normalized spacial score (nSPS) is 21.8. The summed E-state index contributed by atoms with van der Waals surface area (Å²) in [5.41, 5.74) is 1.50. The van der Waals surface area contributed by atoms with Crippen LogP contribution in [0.5, 0.6) is 0 Å². The van der Waals surface area contributed by atoms with Crippen molar-refractivity contribution in [2.75, 3.05) is 0 Å². The van der Waals surface area contributed by atoms with Gasteiger partial charge in [-0.05, 0) is 36.5 Å². The van der Waals surface area contributed by atoms with Gasteiger partial charge in [0.1, 0.15) is 0 Å². The van der Waals surface area contributed by atoms with Gasteiger partial charge in [0.2, 0.25) is 0 Å². The molecule has 1 aromatic heterocycles. The predicted octanol–water partition coefficient (Wildman–Crippen LogP) is 5.49. The van der Waals surface area contributed by atoms with Gasteiger partial charge in [-0.25, -0.2) is 0 Å². The van der Waals surface area contributed by atoms with Crippen LogP contribution < -0.4 is 0 Å². The molecule has 0 saturated heterocycles. The molecule has 0 aromatic carbocycles. The second kappa shape index (κ2) is 9.14. The van der Waals surface area contributed by atoms with E-state index in [0.717, 1.165) is 12.3 Å². The van der Waals surface area contributed by atoms with Gasteiger partial charge in [-0.3, -0.25) is 9.98 Å². The lowest BCUT2D eigenvalue weighted by atomic mass is 9.70. The molecule has 0 N–H and O–H groups in total. The Morgan fingerprint density at radius 2 is 2.00 bits per heavy atom. The van der Waals surface area contributed by atoms with Gasteiger partial charge in [0.05, 0.1) is 0 Å². The second-order valence-electron chi connectivity index (χ2n) is 5.86. The smallest absolute Gasteiger partial charge is 0.0270 e. The molecule has 2 rings (SSSR count). The van der Waals surface area contributed by atoms with E-state index in [1.807, 2.05) is 18.6 Å². The van der Waals surface area contributed by atoms with Gasteiger partial charge in [0, 0.05) is 30.2 Å². The first kappa shape index (κ1) is 18.1. The first-order valence-corrected chi connectivity index (χ1v) is 7.90. The first-order chi connectivity index (χ1) is 9.80. The maximum atomic E-state index is 4.27. The van der Waals surface area contributed by atoms with E-state index in [-0.39, 0.29) is 22.4 Å². The fourth-order valence-electron chi connectivity index (χ4n) is 3.16. The van der Waals surface area contributed by atoms with Crippen LogP contribution in [0.25, 0.3) is 0 Å². The molecule has 116 valence electrons. The third-order valence-corrected chi connectivity index (χ3v) is 4.49. The highest BCUT2D eigenvalue weighted by Crippen LogP contribution is 2.39. The molecule has 0 bridgehead atoms. The molecular weight excluding hydrogens is 324 g/mol. The summed E-state index contributed by atoms with van der Waals surface area (Å²) in [6.07, 6.45) is 17.6. The lowest BCUT2D eigenvalue weighted by Gasteiger charge is -2.35. The van der Waals surface area contributed by atoms with Crippen molar-refractivity contribution < 1.29 is 0 Å². The van der Waals surface area contributed by atoms with Crippen LogP contribution in [0.2, 0.25) is 0 Å². The molecule has 21 heavy (non-hydrogen) atoms. The Kier molecular flexibility index (Phi) is 7.87. The number of unbranched alkanes of at least 4 members (excludes halogenated alkanes) is 1. The van der Waals surface area contributed by atoms with Gasteiger partial charge in [-0.1, -0.05) is 45.6 Å². The van der Waals surface area contributed by atoms with Gasteiger partial charge in [0.25, 0.3) is 0 Å². The SMILES string of the molecule is Br.CCCCC(CC)CC1(c2ccncc2)C=CN=CC1. The van der Waals surface area contributed by atoms with E-state index < -0.39 is 0 Å². The number of hydrogen-bond donors (Lipinski definition) is 0. The first-order valence-electron chi connectivity index (χ1n) is 7.90. The standard InChI is InChI=1S/C18H26N2.BrH/c1-3-5-6-16(4-2)15-18(9-13-20-14-10-18)17-7-11-19-12-8-17;/h7-9,11-14,16H,3-6,10,15H2,1-2H3;1H. The Labute approximate surface area is 139 Å². The van der Waals surface area contributed by atoms with Crippen LogP contribution in [0.15, 0.2) is 41.8 Å². The molecule has 2 heterocycles. The fraction of sp³-hybridized carbons (Fsp3) is 0.556. The van der Waals surface area contributed by atoms with E-state index in [1.165, 1.54) is 37.7 Å². The van der Waals surface area contributed by atoms with Crippen molar-refractivity contribution in [3.8, 4) is 0 Å². The highest BCUT2D eigenvalue weighted by Gasteiger charge is 2.32. The average molecular weight is 351 g/mol. The molecule has 3 heteroatoms. The lowest BCUT2D eigenvalue weighted by Crippen LogP contribution is -2.29. The molecule has 0 saturated carbocycles. The zero-order valence-corrected chi connectivity index (χ0v) is 14.9. The summed E-state index contributed by atoms with van der Waals surface area (Å²) in [5, 5.41) is 0. The minimum atomic E-state index is 0. The van der Waals surface area contributed by atoms with E-state index in [9.17, 15) is 0 Å². The molecule has 0 amide bonds. The van der Waals surface area contributed by atoms with Crippen LogP contribution in [0.1, 0.15) is 57.9 Å². The molecule has 1 aromatic rings. The summed E-state index contributed by atoms with van der Waals surface area (Å²) in [4.78, 5) is 8.43. The minimum Gasteiger partial charge on any atom is -0.269 e. The summed E-state index contributed by atoms with van der Waals surface area (Å²) >= 11 is 0. The number of pyridine rings is 1. The summed E-state index contributed by atoms with van der Waals surface area (Å²) in [6, 6.07) is 4.33. The highest BCUT2D eigenvalue weighted by atomic mass is 79.9. The molecule has 2 nitrogen and oxygen atoms in total. The topological polar surface area (TPSA) is 25.2 Å². The second-order valence-corrected chi connectivity index (χ2v) is 5.86. The summed E-state index contributed by atoms with van der Waals surface area (Å²) in [5.74, 6) is 0.791. The number of aromatic nitrogens is 1. The van der Waals surface area contributed by atoms with Gasteiger partial charge in [-0.15, -0.1) is 17.0 Å². The Morgan fingerprint density at radius 3 is 2.57 bits per heavy atom. The van der Waals surface area contributed by atoms with Crippen molar-refractivity contribution in [1.82, 2.24) is 4.98 Å². The fourth-order valence-corrected chi connectivity index (χ4v) is 3.16. The molecular formula is C18H27BrN2. The van der Waals surface area contributed by atoms with Crippen LogP contribution >= 0.6 is 17.0 Å². The summed E-state index contributed by atoms with van der Waals surface area (Å²) < 4.78 is 0. The number of rotatable bonds is 7. The van der Waals surface area contributed by atoms with Crippen LogP contribution in [-0.4, -0.2) is 11.2 Å². The molecule has 0 spiro atoms. The van der Waals surface area contributed by atoms with Crippen LogP contribution in [0, 0.1) is 5.92 Å². The van der Waals surface area contributed by atoms with Crippen molar-refractivity contribution in [3.05, 3.63) is 42.4 Å². The van der Waals surface area contributed by atoms with Crippen molar-refractivity contribution in [2.45, 2.75) is 57.8 Å². The van der Waals surface area contributed by atoms with E-state index in [2.05, 4.69) is 48.2 Å². The van der Waals surface area contributed by atoms with Gasteiger partial charge < -0.3 is 0 Å². The van der Waals surface area contributed by atoms with Crippen LogP contribution in [0.3, 0.4) is 0 Å². The van der Waals surface area contributed by atoms with Crippen molar-refractivity contribution in [2.24, 2.45) is 10.9 Å². The summed E-state index contributed by atoms with van der Waals surface area (Å²) in [7, 11) is 0. The van der Waals surface area contributed by atoms with Gasteiger partial charge in [0.15, 0.2) is 0 Å². The molecule has 0 radical (unpaired) electrons. The molecule has 0 aliphatic carbocycles. The van der Waals surface area contributed by atoms with Gasteiger partial charge >= 0.3 is 0 Å². The van der Waals surface area contributed by atoms with E-state index in [4.69, 9.17) is 0 Å². The van der Waals surface area contributed by atoms with E-state index in [0.29, 0.717) is 0 Å². The Morgan fingerprint density at radius 1 is 1.24 bits per heavy atom. The van der Waals surface area contributed by atoms with E-state index >= 15 is 0 Å². The van der Waals surface area contributed by atoms with Crippen molar-refractivity contribution in [1.29, 1.82) is 0 Å². The van der Waals surface area contributed by atoms with Crippen molar-refractivity contribution >= 4 is 23.2 Å². The molecule has 1 aliphatic rings. The Bertz CT molecular complexity index is 456. The monoisotopic (exact) mass is 350 g/mol. The van der Waals surface area contributed by atoms with Crippen molar-refractivity contribution in [3.63, 3.8) is 0 Å². The quantitative estimate of drug-likeness (QED) is 0.637. The highest BCUT2D eigenvalue weighted by molar-refractivity contribution is 8.93. The number of hydrogen-bond acceptors (Lipinski definition) is 2. The predicted molar refractivity (Wildman–Crippen MR) is 96.4 cm³/mol. The third kappa shape index (κ3) is 4.77. The lowest BCUT2D eigenvalue weighted by molar-refractivity contribution is 0.340.